The number of cyclic esters (lactones) is 1. The van der Waals surface area contributed by atoms with Gasteiger partial charge in [-0.25, -0.2) is 4.79 Å². The molecule has 2 aliphatic heterocycles. The van der Waals surface area contributed by atoms with Crippen LogP contribution in [0.4, 0.5) is 4.79 Å². The molecule has 0 spiro atoms. The molecule has 3 heterocycles. The van der Waals surface area contributed by atoms with Crippen molar-refractivity contribution < 1.29 is 14.3 Å². The van der Waals surface area contributed by atoms with E-state index in [0.29, 0.717) is 13.2 Å². The quantitative estimate of drug-likeness (QED) is 0.826. The lowest BCUT2D eigenvalue weighted by atomic mass is 9.90. The molecule has 3 aliphatic rings. The van der Waals surface area contributed by atoms with Crippen LogP contribution in [-0.4, -0.2) is 54.1 Å². The molecule has 4 rings (SSSR count). The lowest BCUT2D eigenvalue weighted by Gasteiger charge is -2.35. The largest absolute Gasteiger partial charge is 0.448 e. The van der Waals surface area contributed by atoms with E-state index in [1.165, 1.54) is 16.9 Å². The van der Waals surface area contributed by atoms with Gasteiger partial charge in [-0.2, -0.15) is 0 Å². The number of carbonyl (C=O) groups excluding carboxylic acids is 2. The molecule has 0 radical (unpaired) electrons. The molecule has 24 heavy (non-hydrogen) atoms. The van der Waals surface area contributed by atoms with E-state index in [1.807, 2.05) is 9.80 Å². The Morgan fingerprint density at radius 1 is 1.25 bits per heavy atom. The summed E-state index contributed by atoms with van der Waals surface area (Å²) < 4.78 is 5.03. The van der Waals surface area contributed by atoms with E-state index in [4.69, 9.17) is 4.74 Å². The maximum Gasteiger partial charge on any atom is 0.410 e. The van der Waals surface area contributed by atoms with Crippen LogP contribution >= 0.6 is 11.3 Å². The normalized spacial score (nSPS) is 24.9. The minimum Gasteiger partial charge on any atom is -0.448 e. The highest BCUT2D eigenvalue weighted by Crippen LogP contribution is 2.33. The zero-order valence-electron chi connectivity index (χ0n) is 14.1. The van der Waals surface area contributed by atoms with Crippen molar-refractivity contribution in [3.63, 3.8) is 0 Å². The summed E-state index contributed by atoms with van der Waals surface area (Å²) in [6, 6.07) is 2.35. The maximum atomic E-state index is 12.8. The van der Waals surface area contributed by atoms with E-state index in [9.17, 15) is 9.59 Å². The molecule has 0 bridgehead atoms. The fourth-order valence-corrected chi connectivity index (χ4v) is 5.26. The second-order valence-electron chi connectivity index (χ2n) is 7.24. The number of hydrogen-bond acceptors (Lipinski definition) is 4. The maximum absolute atomic E-state index is 12.8. The van der Waals surface area contributed by atoms with Crippen LogP contribution < -0.4 is 0 Å². The number of hydrogen-bond donors (Lipinski definition) is 0. The number of nitrogens with zero attached hydrogens (tertiary/aromatic N) is 2. The summed E-state index contributed by atoms with van der Waals surface area (Å²) in [6.07, 6.45) is 4.97. The number of aryl methyl sites for hydroxylation is 1. The lowest BCUT2D eigenvalue weighted by molar-refractivity contribution is 0.0663. The van der Waals surface area contributed by atoms with Gasteiger partial charge in [0.05, 0.1) is 11.4 Å². The van der Waals surface area contributed by atoms with E-state index in [-0.39, 0.29) is 18.0 Å². The SMILES string of the molecule is CC1CCc2sc(C(=O)N3CCC(N4CCOC4=O)CC3)cc2C1. The van der Waals surface area contributed by atoms with E-state index >= 15 is 0 Å². The molecule has 1 aromatic heterocycles. The molecule has 6 heteroatoms. The fraction of sp³-hybridized carbons (Fsp3) is 0.667. The van der Waals surface area contributed by atoms with Crippen LogP contribution in [0, 0.1) is 5.92 Å². The van der Waals surface area contributed by atoms with Gasteiger partial charge in [0.15, 0.2) is 0 Å². The topological polar surface area (TPSA) is 49.9 Å². The molecule has 2 saturated heterocycles. The molecular weight excluding hydrogens is 324 g/mol. The number of piperidine rings is 1. The van der Waals surface area contributed by atoms with Gasteiger partial charge in [0, 0.05) is 24.0 Å². The molecular formula is C18H24N2O3S. The molecule has 1 aliphatic carbocycles. The summed E-state index contributed by atoms with van der Waals surface area (Å²) in [6.45, 7) is 4.93. The van der Waals surface area contributed by atoms with Gasteiger partial charge < -0.3 is 14.5 Å². The van der Waals surface area contributed by atoms with Gasteiger partial charge in [0.2, 0.25) is 0 Å². The first-order chi connectivity index (χ1) is 11.6. The van der Waals surface area contributed by atoms with Crippen molar-refractivity contribution in [2.24, 2.45) is 5.92 Å². The van der Waals surface area contributed by atoms with E-state index in [0.717, 1.165) is 49.6 Å². The number of ether oxygens (including phenoxy) is 1. The molecule has 1 aromatic rings. The summed E-state index contributed by atoms with van der Waals surface area (Å²) >= 11 is 1.69. The summed E-state index contributed by atoms with van der Waals surface area (Å²) in [5.41, 5.74) is 1.39. The van der Waals surface area contributed by atoms with Gasteiger partial charge >= 0.3 is 6.09 Å². The molecule has 1 atom stereocenters. The van der Waals surface area contributed by atoms with Crippen molar-refractivity contribution in [3.05, 3.63) is 21.4 Å². The van der Waals surface area contributed by atoms with Gasteiger partial charge in [-0.15, -0.1) is 11.3 Å². The van der Waals surface area contributed by atoms with Crippen LogP contribution in [0.25, 0.3) is 0 Å². The van der Waals surface area contributed by atoms with Gasteiger partial charge in [-0.1, -0.05) is 6.92 Å². The third-order valence-electron chi connectivity index (χ3n) is 5.52. The van der Waals surface area contributed by atoms with E-state index < -0.39 is 0 Å². The van der Waals surface area contributed by atoms with Crippen LogP contribution in [0.3, 0.4) is 0 Å². The lowest BCUT2D eigenvalue weighted by Crippen LogP contribution is -2.47. The first-order valence-corrected chi connectivity index (χ1v) is 9.77. The third-order valence-corrected chi connectivity index (χ3v) is 6.75. The van der Waals surface area contributed by atoms with Crippen molar-refractivity contribution >= 4 is 23.3 Å². The zero-order valence-corrected chi connectivity index (χ0v) is 14.9. The minimum atomic E-state index is -0.195. The van der Waals surface area contributed by atoms with Crippen molar-refractivity contribution in [3.8, 4) is 0 Å². The van der Waals surface area contributed by atoms with Crippen LogP contribution in [0.15, 0.2) is 6.07 Å². The van der Waals surface area contributed by atoms with E-state index in [2.05, 4.69) is 13.0 Å². The molecule has 0 aromatic carbocycles. The number of fused-ring (bicyclic) bond motifs is 1. The Labute approximate surface area is 146 Å². The number of thiophene rings is 1. The minimum absolute atomic E-state index is 0.171. The second kappa shape index (κ2) is 6.39. The average molecular weight is 348 g/mol. The van der Waals surface area contributed by atoms with Crippen molar-refractivity contribution in [1.82, 2.24) is 9.80 Å². The Hall–Kier alpha value is -1.56. The predicted octanol–water partition coefficient (Wildman–Crippen LogP) is 2.93. The standard InChI is InChI=1S/C18H24N2O3S/c1-12-2-3-15-13(10-12)11-16(24-15)17(21)19-6-4-14(5-7-19)20-8-9-23-18(20)22/h11-12,14H,2-10H2,1H3. The average Bonchev–Trinajstić information content (AvgIpc) is 3.20. The highest BCUT2D eigenvalue weighted by molar-refractivity contribution is 7.14. The second-order valence-corrected chi connectivity index (χ2v) is 8.37. The Kier molecular flexibility index (Phi) is 4.24. The number of rotatable bonds is 2. The molecule has 2 fully saturated rings. The summed E-state index contributed by atoms with van der Waals surface area (Å²) in [7, 11) is 0. The van der Waals surface area contributed by atoms with Crippen molar-refractivity contribution in [2.75, 3.05) is 26.2 Å². The van der Waals surface area contributed by atoms with Crippen molar-refractivity contribution in [2.45, 2.75) is 45.1 Å². The number of likely N-dealkylation sites (tertiary alicyclic amines) is 1. The van der Waals surface area contributed by atoms with Crippen molar-refractivity contribution in [1.29, 1.82) is 0 Å². The molecule has 0 N–H and O–H groups in total. The molecule has 130 valence electrons. The van der Waals surface area contributed by atoms with Crippen LogP contribution in [0.1, 0.15) is 46.3 Å². The van der Waals surface area contributed by atoms with Gasteiger partial charge in [0.25, 0.3) is 5.91 Å². The van der Waals surface area contributed by atoms with Gasteiger partial charge in [0.1, 0.15) is 6.61 Å². The summed E-state index contributed by atoms with van der Waals surface area (Å²) in [5, 5.41) is 0. The highest BCUT2D eigenvalue weighted by Gasteiger charge is 2.34. The summed E-state index contributed by atoms with van der Waals surface area (Å²) in [5.74, 6) is 0.899. The van der Waals surface area contributed by atoms with Gasteiger partial charge in [-0.05, 0) is 49.7 Å². The monoisotopic (exact) mass is 348 g/mol. The fourth-order valence-electron chi connectivity index (χ4n) is 4.08. The summed E-state index contributed by atoms with van der Waals surface area (Å²) in [4.78, 5) is 30.6. The zero-order chi connectivity index (χ0) is 16.7. The third kappa shape index (κ3) is 2.92. The van der Waals surface area contributed by atoms with E-state index in [1.54, 1.807) is 11.3 Å². The Balaban J connectivity index is 1.39. The predicted molar refractivity (Wildman–Crippen MR) is 92.5 cm³/mol. The smallest absolute Gasteiger partial charge is 0.410 e. The Bertz CT molecular complexity index is 649. The van der Waals surface area contributed by atoms with Crippen LogP contribution in [-0.2, 0) is 17.6 Å². The molecule has 0 saturated carbocycles. The molecule has 1 unspecified atom stereocenters. The van der Waals surface area contributed by atoms with Crippen LogP contribution in [0.5, 0.6) is 0 Å². The number of amides is 2. The first-order valence-electron chi connectivity index (χ1n) is 8.96. The highest BCUT2D eigenvalue weighted by atomic mass is 32.1. The Morgan fingerprint density at radius 2 is 2.04 bits per heavy atom. The Morgan fingerprint density at radius 3 is 2.75 bits per heavy atom. The first kappa shape index (κ1) is 15.9. The molecule has 5 nitrogen and oxygen atoms in total. The number of carbonyl (C=O) groups is 2. The molecule has 2 amide bonds. The van der Waals surface area contributed by atoms with Gasteiger partial charge in [-0.3, -0.25) is 4.79 Å². The van der Waals surface area contributed by atoms with Crippen LogP contribution in [0.2, 0.25) is 0 Å².